The van der Waals surface area contributed by atoms with E-state index in [1.165, 1.54) is 6.21 Å². The Balaban J connectivity index is 2.31. The maximum absolute atomic E-state index is 13.3. The Morgan fingerprint density at radius 2 is 2.05 bits per heavy atom. The Morgan fingerprint density at radius 3 is 2.64 bits per heavy atom. The van der Waals surface area contributed by atoms with Crippen LogP contribution in [0.4, 0.5) is 8.78 Å². The third-order valence-corrected chi connectivity index (χ3v) is 3.40. The lowest BCUT2D eigenvalue weighted by atomic mass is 9.98. The summed E-state index contributed by atoms with van der Waals surface area (Å²) in [5.74, 6) is -5.26. The topological polar surface area (TPSA) is 55.7 Å². The number of ether oxygens (including phenoxy) is 1. The number of nitrogens with zero attached hydrogens (tertiary/aromatic N) is 1. The molecular formula is C15H14ClF2NO3. The van der Waals surface area contributed by atoms with Crippen molar-refractivity contribution in [1.82, 2.24) is 0 Å². The molecule has 1 aromatic carbocycles. The van der Waals surface area contributed by atoms with Gasteiger partial charge >= 0.3 is 5.97 Å². The van der Waals surface area contributed by atoms with E-state index in [2.05, 4.69) is 4.99 Å². The number of Topliss-reactive ketones (excluding diaryl/α,β-unsaturated/α-hetero) is 1. The van der Waals surface area contributed by atoms with E-state index < -0.39 is 29.3 Å². The van der Waals surface area contributed by atoms with Gasteiger partial charge in [0.15, 0.2) is 23.3 Å². The molecule has 2 rings (SSSR count). The van der Waals surface area contributed by atoms with E-state index in [0.717, 1.165) is 12.8 Å². The third kappa shape index (κ3) is 3.88. The minimum absolute atomic E-state index is 0.0887. The number of carbonyl (C=O) groups excluding carboxylic acids is 2. The first-order valence-electron chi connectivity index (χ1n) is 6.82. The van der Waals surface area contributed by atoms with Gasteiger partial charge < -0.3 is 4.74 Å². The first-order valence-corrected chi connectivity index (χ1v) is 7.20. The van der Waals surface area contributed by atoms with E-state index in [9.17, 15) is 18.4 Å². The highest BCUT2D eigenvalue weighted by Crippen LogP contribution is 2.25. The number of rotatable bonds is 6. The lowest BCUT2D eigenvalue weighted by Gasteiger charge is -2.11. The average molecular weight is 330 g/mol. The molecule has 1 unspecified atom stereocenters. The zero-order chi connectivity index (χ0) is 16.3. The predicted molar refractivity (Wildman–Crippen MR) is 77.3 cm³/mol. The first kappa shape index (κ1) is 16.5. The molecule has 0 bridgehead atoms. The van der Waals surface area contributed by atoms with Gasteiger partial charge in [-0.05, 0) is 31.9 Å². The molecule has 1 atom stereocenters. The second-order valence-corrected chi connectivity index (χ2v) is 5.28. The van der Waals surface area contributed by atoms with E-state index >= 15 is 0 Å². The van der Waals surface area contributed by atoms with E-state index in [4.69, 9.17) is 16.3 Å². The molecule has 0 heterocycles. The van der Waals surface area contributed by atoms with Crippen LogP contribution in [-0.4, -0.2) is 30.6 Å². The van der Waals surface area contributed by atoms with Crippen LogP contribution in [0.1, 0.15) is 30.1 Å². The highest BCUT2D eigenvalue weighted by Gasteiger charge is 2.31. The number of ketones is 1. The summed E-state index contributed by atoms with van der Waals surface area (Å²) in [6, 6.07) is 1.48. The van der Waals surface area contributed by atoms with Crippen LogP contribution in [0.5, 0.6) is 0 Å². The molecule has 22 heavy (non-hydrogen) atoms. The van der Waals surface area contributed by atoms with Crippen LogP contribution in [0.2, 0.25) is 5.02 Å². The van der Waals surface area contributed by atoms with Crippen molar-refractivity contribution in [2.75, 3.05) is 6.61 Å². The highest BCUT2D eigenvalue weighted by atomic mass is 35.5. The second kappa shape index (κ2) is 6.96. The van der Waals surface area contributed by atoms with Gasteiger partial charge in [-0.1, -0.05) is 11.6 Å². The summed E-state index contributed by atoms with van der Waals surface area (Å²) in [5.41, 5.74) is -0.277. The number of aliphatic imine (C=N–C) groups is 1. The summed E-state index contributed by atoms with van der Waals surface area (Å²) in [7, 11) is 0. The van der Waals surface area contributed by atoms with Gasteiger partial charge in [0.1, 0.15) is 0 Å². The molecule has 0 spiro atoms. The smallest absolute Gasteiger partial charge is 0.322 e. The summed E-state index contributed by atoms with van der Waals surface area (Å²) in [6.07, 6.45) is 2.99. The number of benzene rings is 1. The Bertz CT molecular complexity index is 629. The fourth-order valence-electron chi connectivity index (χ4n) is 1.78. The van der Waals surface area contributed by atoms with Crippen LogP contribution in [-0.2, 0) is 9.53 Å². The zero-order valence-electron chi connectivity index (χ0n) is 11.8. The molecular weight excluding hydrogens is 316 g/mol. The molecule has 0 amide bonds. The van der Waals surface area contributed by atoms with Crippen molar-refractivity contribution < 1.29 is 23.1 Å². The number of halogens is 3. The molecule has 0 aromatic heterocycles. The summed E-state index contributed by atoms with van der Waals surface area (Å²) < 4.78 is 31.2. The van der Waals surface area contributed by atoms with Gasteiger partial charge in [-0.3, -0.25) is 14.6 Å². The Kier molecular flexibility index (Phi) is 5.24. The summed E-state index contributed by atoms with van der Waals surface area (Å²) in [5, 5.41) is -0.266. The normalized spacial score (nSPS) is 15.8. The monoisotopic (exact) mass is 329 g/mol. The van der Waals surface area contributed by atoms with E-state index in [1.54, 1.807) is 6.92 Å². The van der Waals surface area contributed by atoms with Crippen molar-refractivity contribution in [3.05, 3.63) is 34.4 Å². The maximum Gasteiger partial charge on any atom is 0.322 e. The highest BCUT2D eigenvalue weighted by molar-refractivity contribution is 6.35. The largest absolute Gasteiger partial charge is 0.465 e. The van der Waals surface area contributed by atoms with Crippen LogP contribution >= 0.6 is 11.6 Å². The summed E-state index contributed by atoms with van der Waals surface area (Å²) >= 11 is 5.77. The molecule has 4 nitrogen and oxygen atoms in total. The number of esters is 1. The van der Waals surface area contributed by atoms with E-state index in [1.807, 2.05) is 0 Å². The zero-order valence-corrected chi connectivity index (χ0v) is 12.6. The lowest BCUT2D eigenvalue weighted by Crippen LogP contribution is -2.28. The van der Waals surface area contributed by atoms with Crippen LogP contribution in [0.15, 0.2) is 17.1 Å². The predicted octanol–water partition coefficient (Wildman–Crippen LogP) is 3.21. The molecule has 0 radical (unpaired) electrons. The van der Waals surface area contributed by atoms with Gasteiger partial charge in [-0.2, -0.15) is 0 Å². The van der Waals surface area contributed by atoms with Crippen LogP contribution < -0.4 is 0 Å². The van der Waals surface area contributed by atoms with Crippen molar-refractivity contribution >= 4 is 29.6 Å². The van der Waals surface area contributed by atoms with Crippen molar-refractivity contribution in [2.45, 2.75) is 25.8 Å². The Morgan fingerprint density at radius 1 is 1.41 bits per heavy atom. The van der Waals surface area contributed by atoms with Crippen LogP contribution in [0.25, 0.3) is 0 Å². The van der Waals surface area contributed by atoms with Gasteiger partial charge in [-0.15, -0.1) is 0 Å². The van der Waals surface area contributed by atoms with Gasteiger partial charge in [0, 0.05) is 17.8 Å². The molecule has 0 aliphatic heterocycles. The fourth-order valence-corrected chi connectivity index (χ4v) is 2.02. The number of hydrogen-bond donors (Lipinski definition) is 0. The van der Waals surface area contributed by atoms with Gasteiger partial charge in [0.05, 0.1) is 11.6 Å². The Hall–Kier alpha value is -1.82. The molecule has 0 saturated heterocycles. The molecule has 118 valence electrons. The molecule has 1 saturated carbocycles. The first-order chi connectivity index (χ1) is 10.4. The lowest BCUT2D eigenvalue weighted by molar-refractivity contribution is -0.143. The van der Waals surface area contributed by atoms with Gasteiger partial charge in [0.2, 0.25) is 0 Å². The SMILES string of the molecule is CCOC(=O)C(C=NC1CC1)C(=O)c1cc(F)c(F)cc1Cl. The van der Waals surface area contributed by atoms with Gasteiger partial charge in [-0.25, -0.2) is 8.78 Å². The molecule has 1 fully saturated rings. The minimum atomic E-state index is -1.32. The Labute approximate surface area is 131 Å². The maximum atomic E-state index is 13.3. The number of carbonyl (C=O) groups is 2. The fraction of sp³-hybridized carbons (Fsp3) is 0.400. The van der Waals surface area contributed by atoms with Gasteiger partial charge in [0.25, 0.3) is 0 Å². The average Bonchev–Trinajstić information content (AvgIpc) is 3.27. The van der Waals surface area contributed by atoms with Crippen LogP contribution in [0.3, 0.4) is 0 Å². The van der Waals surface area contributed by atoms with E-state index in [0.29, 0.717) is 12.1 Å². The van der Waals surface area contributed by atoms with E-state index in [-0.39, 0.29) is 23.2 Å². The van der Waals surface area contributed by atoms with Crippen molar-refractivity contribution in [3.63, 3.8) is 0 Å². The molecule has 1 aliphatic rings. The van der Waals surface area contributed by atoms with Crippen LogP contribution in [0, 0.1) is 17.6 Å². The second-order valence-electron chi connectivity index (χ2n) is 4.87. The van der Waals surface area contributed by atoms with Crippen molar-refractivity contribution in [1.29, 1.82) is 0 Å². The quantitative estimate of drug-likeness (QED) is 0.265. The third-order valence-electron chi connectivity index (χ3n) is 3.09. The number of hydrogen-bond acceptors (Lipinski definition) is 4. The molecule has 1 aliphatic carbocycles. The molecule has 1 aromatic rings. The van der Waals surface area contributed by atoms with Crippen molar-refractivity contribution in [3.8, 4) is 0 Å². The van der Waals surface area contributed by atoms with Crippen molar-refractivity contribution in [2.24, 2.45) is 10.9 Å². The molecule has 7 heteroatoms. The molecule has 0 N–H and O–H groups in total. The summed E-state index contributed by atoms with van der Waals surface area (Å²) in [6.45, 7) is 1.69. The minimum Gasteiger partial charge on any atom is -0.465 e. The summed E-state index contributed by atoms with van der Waals surface area (Å²) in [4.78, 5) is 28.4. The standard InChI is InChI=1S/C15H14ClF2NO3/c1-2-22-15(21)10(7-19-8-3-4-8)14(20)9-5-12(17)13(18)6-11(9)16/h5-8,10H,2-4H2,1H3.